The van der Waals surface area contributed by atoms with E-state index < -0.39 is 17.7 Å². The van der Waals surface area contributed by atoms with E-state index in [1.165, 1.54) is 12.1 Å². The highest BCUT2D eigenvalue weighted by molar-refractivity contribution is 6.00. The average molecular weight is 390 g/mol. The molecule has 0 radical (unpaired) electrons. The summed E-state index contributed by atoms with van der Waals surface area (Å²) in [4.78, 5) is 26.5. The normalized spacial score (nSPS) is 17.1. The Morgan fingerprint density at radius 3 is 2.64 bits per heavy atom. The third-order valence-corrected chi connectivity index (χ3v) is 4.88. The van der Waals surface area contributed by atoms with Crippen molar-refractivity contribution in [1.29, 1.82) is 0 Å². The predicted molar refractivity (Wildman–Crippen MR) is 99.6 cm³/mol. The first-order valence-corrected chi connectivity index (χ1v) is 9.11. The first kappa shape index (κ1) is 19.9. The molecular formula is C21H21F3N2O2. The number of hydrogen-bond acceptors (Lipinski definition) is 2. The van der Waals surface area contributed by atoms with E-state index in [1.54, 1.807) is 4.90 Å². The lowest BCUT2D eigenvalue weighted by molar-refractivity contribution is -0.137. The Labute approximate surface area is 161 Å². The molecule has 2 aromatic carbocycles. The Morgan fingerprint density at radius 1 is 1.18 bits per heavy atom. The summed E-state index contributed by atoms with van der Waals surface area (Å²) in [6.07, 6.45) is -3.57. The van der Waals surface area contributed by atoms with Crippen molar-refractivity contribution in [1.82, 2.24) is 5.32 Å². The molecule has 148 valence electrons. The largest absolute Gasteiger partial charge is 0.416 e. The minimum Gasteiger partial charge on any atom is -0.352 e. The molecule has 1 aliphatic heterocycles. The Balaban J connectivity index is 1.64. The van der Waals surface area contributed by atoms with Gasteiger partial charge in [0, 0.05) is 25.2 Å². The van der Waals surface area contributed by atoms with Gasteiger partial charge in [0.25, 0.3) is 0 Å². The van der Waals surface area contributed by atoms with E-state index in [2.05, 4.69) is 5.32 Å². The molecule has 2 aromatic rings. The summed E-state index contributed by atoms with van der Waals surface area (Å²) in [5, 5.41) is 2.66. The van der Waals surface area contributed by atoms with Gasteiger partial charge in [-0.05, 0) is 35.7 Å². The van der Waals surface area contributed by atoms with E-state index in [0.29, 0.717) is 5.56 Å². The minimum absolute atomic E-state index is 0.0149. The van der Waals surface area contributed by atoms with Crippen LogP contribution in [0.5, 0.6) is 0 Å². The van der Waals surface area contributed by atoms with E-state index >= 15 is 0 Å². The average Bonchev–Trinajstić information content (AvgIpc) is 3.07. The second-order valence-electron chi connectivity index (χ2n) is 6.80. The molecule has 1 aliphatic rings. The van der Waals surface area contributed by atoms with E-state index in [0.717, 1.165) is 29.8 Å². The van der Waals surface area contributed by atoms with Crippen LogP contribution in [0.3, 0.4) is 0 Å². The highest BCUT2D eigenvalue weighted by Crippen LogP contribution is 2.30. The molecule has 0 unspecified atom stereocenters. The predicted octanol–water partition coefficient (Wildman–Crippen LogP) is 3.94. The number of alkyl halides is 3. The number of anilines is 1. The van der Waals surface area contributed by atoms with E-state index in [4.69, 9.17) is 0 Å². The van der Waals surface area contributed by atoms with Crippen molar-refractivity contribution < 1.29 is 22.8 Å². The van der Waals surface area contributed by atoms with Crippen molar-refractivity contribution in [3.05, 3.63) is 65.2 Å². The molecule has 1 atom stereocenters. The molecule has 0 aliphatic carbocycles. The fourth-order valence-electron chi connectivity index (χ4n) is 3.38. The monoisotopic (exact) mass is 390 g/mol. The van der Waals surface area contributed by atoms with Crippen molar-refractivity contribution in [2.45, 2.75) is 32.5 Å². The summed E-state index contributed by atoms with van der Waals surface area (Å²) in [6, 6.07) is 12.4. The molecular weight excluding hydrogens is 369 g/mol. The lowest BCUT2D eigenvalue weighted by Crippen LogP contribution is -2.32. The number of nitrogens with zero attached hydrogens (tertiary/aromatic N) is 1. The topological polar surface area (TPSA) is 49.4 Å². The molecule has 0 bridgehead atoms. The molecule has 1 fully saturated rings. The molecule has 1 N–H and O–H groups in total. The Hall–Kier alpha value is -2.83. The van der Waals surface area contributed by atoms with Crippen molar-refractivity contribution in [2.24, 2.45) is 5.92 Å². The summed E-state index contributed by atoms with van der Waals surface area (Å²) in [6.45, 7) is 2.25. The van der Waals surface area contributed by atoms with Gasteiger partial charge in [-0.2, -0.15) is 13.2 Å². The maximum Gasteiger partial charge on any atom is 0.416 e. The highest BCUT2D eigenvalue weighted by atomic mass is 19.4. The zero-order valence-electron chi connectivity index (χ0n) is 15.4. The van der Waals surface area contributed by atoms with Gasteiger partial charge in [-0.1, -0.05) is 37.3 Å². The summed E-state index contributed by atoms with van der Waals surface area (Å²) in [5.74, 6) is -0.981. The van der Waals surface area contributed by atoms with Crippen LogP contribution in [0.2, 0.25) is 0 Å². The number of rotatable bonds is 5. The summed E-state index contributed by atoms with van der Waals surface area (Å²) < 4.78 is 38.4. The molecule has 2 amide bonds. The first-order valence-electron chi connectivity index (χ1n) is 9.11. The van der Waals surface area contributed by atoms with E-state index in [9.17, 15) is 22.8 Å². The van der Waals surface area contributed by atoms with Crippen LogP contribution in [-0.2, 0) is 28.7 Å². The zero-order valence-corrected chi connectivity index (χ0v) is 15.4. The lowest BCUT2D eigenvalue weighted by atomic mass is 10.1. The van der Waals surface area contributed by atoms with Gasteiger partial charge in [0.15, 0.2) is 0 Å². The number of benzene rings is 2. The molecule has 0 aromatic heterocycles. The molecule has 7 heteroatoms. The summed E-state index contributed by atoms with van der Waals surface area (Å²) in [5.41, 5.74) is 1.45. The minimum atomic E-state index is -4.43. The van der Waals surface area contributed by atoms with Gasteiger partial charge in [0.05, 0.1) is 11.5 Å². The second-order valence-corrected chi connectivity index (χ2v) is 6.80. The van der Waals surface area contributed by atoms with Gasteiger partial charge in [-0.25, -0.2) is 0 Å². The van der Waals surface area contributed by atoms with E-state index in [1.807, 2.05) is 31.2 Å². The number of hydrogen-bond donors (Lipinski definition) is 1. The summed E-state index contributed by atoms with van der Waals surface area (Å²) in [7, 11) is 0. The molecule has 0 saturated carbocycles. The number of amides is 2. The van der Waals surface area contributed by atoms with E-state index in [-0.39, 0.29) is 31.3 Å². The fourth-order valence-corrected chi connectivity index (χ4v) is 3.38. The Kier molecular flexibility index (Phi) is 5.72. The smallest absolute Gasteiger partial charge is 0.352 e. The Morgan fingerprint density at radius 2 is 1.93 bits per heavy atom. The highest BCUT2D eigenvalue weighted by Gasteiger charge is 2.35. The number of aryl methyl sites for hydroxylation is 1. The van der Waals surface area contributed by atoms with Gasteiger partial charge in [-0.3, -0.25) is 9.59 Å². The van der Waals surface area contributed by atoms with Crippen molar-refractivity contribution >= 4 is 17.5 Å². The quantitative estimate of drug-likeness (QED) is 0.841. The molecule has 4 nitrogen and oxygen atoms in total. The van der Waals surface area contributed by atoms with Gasteiger partial charge in [0.1, 0.15) is 0 Å². The molecule has 3 rings (SSSR count). The van der Waals surface area contributed by atoms with Crippen LogP contribution in [0.15, 0.2) is 48.5 Å². The van der Waals surface area contributed by atoms with Crippen molar-refractivity contribution in [2.75, 3.05) is 11.4 Å². The number of halogens is 3. The SMILES string of the molecule is CCc1ccccc1N1C[C@@H](C(=O)NCc2cccc(C(F)(F)F)c2)CC1=O. The van der Waals surface area contributed by atoms with Gasteiger partial charge in [0.2, 0.25) is 11.8 Å². The molecule has 1 saturated heterocycles. The molecule has 0 spiro atoms. The van der Waals surface area contributed by atoms with Crippen LogP contribution in [0.25, 0.3) is 0 Å². The van der Waals surface area contributed by atoms with Crippen LogP contribution in [0.4, 0.5) is 18.9 Å². The number of para-hydroxylation sites is 1. The van der Waals surface area contributed by atoms with Crippen LogP contribution in [-0.4, -0.2) is 18.4 Å². The lowest BCUT2D eigenvalue weighted by Gasteiger charge is -2.20. The van der Waals surface area contributed by atoms with Crippen molar-refractivity contribution in [3.63, 3.8) is 0 Å². The Bertz CT molecular complexity index is 880. The second kappa shape index (κ2) is 8.04. The maximum atomic E-state index is 12.8. The fraction of sp³-hybridized carbons (Fsp3) is 0.333. The number of carbonyl (C=O) groups is 2. The molecule has 1 heterocycles. The molecule has 28 heavy (non-hydrogen) atoms. The number of nitrogens with one attached hydrogen (secondary N) is 1. The third kappa shape index (κ3) is 4.35. The van der Waals surface area contributed by atoms with Crippen LogP contribution < -0.4 is 10.2 Å². The van der Waals surface area contributed by atoms with Gasteiger partial charge < -0.3 is 10.2 Å². The van der Waals surface area contributed by atoms with Gasteiger partial charge in [-0.15, -0.1) is 0 Å². The third-order valence-electron chi connectivity index (χ3n) is 4.88. The van der Waals surface area contributed by atoms with Crippen molar-refractivity contribution in [3.8, 4) is 0 Å². The standard InChI is InChI=1S/C21H21F3N2O2/c1-2-15-7-3-4-9-18(15)26-13-16(11-19(26)27)20(28)25-12-14-6-5-8-17(10-14)21(22,23)24/h3-10,16H,2,11-13H2,1H3,(H,25,28)/t16-/m0/s1. The van der Waals surface area contributed by atoms with Crippen LogP contribution in [0.1, 0.15) is 30.0 Å². The summed E-state index contributed by atoms with van der Waals surface area (Å²) >= 11 is 0. The first-order chi connectivity index (χ1) is 13.3. The van der Waals surface area contributed by atoms with Crippen LogP contribution in [0, 0.1) is 5.92 Å². The maximum absolute atomic E-state index is 12.8. The zero-order chi connectivity index (χ0) is 20.3. The number of carbonyl (C=O) groups excluding carboxylic acids is 2. The van der Waals surface area contributed by atoms with Gasteiger partial charge >= 0.3 is 6.18 Å². The van der Waals surface area contributed by atoms with Crippen LogP contribution >= 0.6 is 0 Å².